The van der Waals surface area contributed by atoms with Gasteiger partial charge in [-0.05, 0) is 6.54 Å². The van der Waals surface area contributed by atoms with E-state index in [0.29, 0.717) is 0 Å². The van der Waals surface area contributed by atoms with Crippen LogP contribution in [0.5, 0.6) is 0 Å². The van der Waals surface area contributed by atoms with Crippen molar-refractivity contribution in [3.05, 3.63) is 0 Å². The number of hydrogen-bond donors (Lipinski definition) is 2. The van der Waals surface area contributed by atoms with Crippen LogP contribution in [0, 0.1) is 0 Å². The molecule has 0 aliphatic rings. The molecule has 0 amide bonds. The maximum atomic E-state index is 11.8. The second-order valence-corrected chi connectivity index (χ2v) is 2.24. The third kappa shape index (κ3) is 2.25. The van der Waals surface area contributed by atoms with Gasteiger partial charge in [0.05, 0.1) is 0 Å². The number of hydrogen-bond acceptors (Lipinski definition) is 2. The van der Waals surface area contributed by atoms with E-state index < -0.39 is 24.6 Å². The van der Waals surface area contributed by atoms with Gasteiger partial charge < -0.3 is 5.11 Å². The van der Waals surface area contributed by atoms with Crippen molar-refractivity contribution in [3.8, 4) is 0 Å². The van der Waals surface area contributed by atoms with Gasteiger partial charge in [0.25, 0.3) is 0 Å². The smallest absolute Gasteiger partial charge is 0.361 e. The van der Waals surface area contributed by atoms with Gasteiger partial charge in [-0.3, -0.25) is 5.32 Å². The predicted octanol–water partition coefficient (Wildman–Crippen LogP) is 1.41. The van der Waals surface area contributed by atoms with E-state index in [1.54, 1.807) is 0 Å². The standard InChI is InChI=1S/C5H7F6NO/c1-2-12-3(13,4(6,7)8)5(9,10)11/h12-13H,2H2,1H3. The molecule has 0 bridgehead atoms. The van der Waals surface area contributed by atoms with Crippen molar-refractivity contribution in [1.82, 2.24) is 5.32 Å². The summed E-state index contributed by atoms with van der Waals surface area (Å²) in [5.41, 5.74) is -4.82. The van der Waals surface area contributed by atoms with Gasteiger partial charge in [-0.2, -0.15) is 26.3 Å². The fraction of sp³-hybridized carbons (Fsp3) is 1.00. The van der Waals surface area contributed by atoms with E-state index in [1.165, 1.54) is 0 Å². The first kappa shape index (κ1) is 12.5. The van der Waals surface area contributed by atoms with Gasteiger partial charge in [0.15, 0.2) is 0 Å². The number of halogens is 6. The molecule has 0 fully saturated rings. The first-order valence-electron chi connectivity index (χ1n) is 3.17. The predicted molar refractivity (Wildman–Crippen MR) is 30.7 cm³/mol. The van der Waals surface area contributed by atoms with Gasteiger partial charge >= 0.3 is 18.1 Å². The average Bonchev–Trinajstić information content (AvgIpc) is 1.82. The van der Waals surface area contributed by atoms with E-state index in [1.807, 2.05) is 0 Å². The summed E-state index contributed by atoms with van der Waals surface area (Å²) in [5, 5.41) is 9.27. The highest BCUT2D eigenvalue weighted by atomic mass is 19.4. The largest absolute Gasteiger partial charge is 0.440 e. The molecule has 0 atom stereocenters. The molecule has 0 unspecified atom stereocenters. The normalized spacial score (nSPS) is 14.8. The quantitative estimate of drug-likeness (QED) is 0.534. The van der Waals surface area contributed by atoms with Crippen molar-refractivity contribution in [1.29, 1.82) is 0 Å². The summed E-state index contributed by atoms with van der Waals surface area (Å²) in [4.78, 5) is 0. The summed E-state index contributed by atoms with van der Waals surface area (Å²) in [5.74, 6) is 0. The molecule has 80 valence electrons. The molecule has 0 heterocycles. The van der Waals surface area contributed by atoms with Crippen LogP contribution < -0.4 is 5.32 Å². The van der Waals surface area contributed by atoms with Crippen molar-refractivity contribution >= 4 is 0 Å². The second-order valence-electron chi connectivity index (χ2n) is 2.24. The average molecular weight is 211 g/mol. The van der Waals surface area contributed by atoms with Crippen LogP contribution in [0.3, 0.4) is 0 Å². The molecule has 8 heteroatoms. The minimum Gasteiger partial charge on any atom is -0.361 e. The van der Waals surface area contributed by atoms with Crippen LogP contribution in [0.2, 0.25) is 0 Å². The number of aliphatic hydroxyl groups is 1. The number of nitrogens with one attached hydrogen (secondary N) is 1. The third-order valence-corrected chi connectivity index (χ3v) is 1.25. The van der Waals surface area contributed by atoms with Crippen molar-refractivity contribution in [2.75, 3.05) is 6.54 Å². The third-order valence-electron chi connectivity index (χ3n) is 1.25. The zero-order valence-corrected chi connectivity index (χ0v) is 6.42. The lowest BCUT2D eigenvalue weighted by Gasteiger charge is -2.32. The molecule has 2 nitrogen and oxygen atoms in total. The molecular weight excluding hydrogens is 204 g/mol. The minimum atomic E-state index is -5.79. The summed E-state index contributed by atoms with van der Waals surface area (Å²) < 4.78 is 70.5. The number of rotatable bonds is 2. The lowest BCUT2D eigenvalue weighted by Crippen LogP contribution is -2.66. The summed E-state index contributed by atoms with van der Waals surface area (Å²) in [6.45, 7) is 0.359. The van der Waals surface area contributed by atoms with E-state index in [-0.39, 0.29) is 0 Å². The maximum absolute atomic E-state index is 11.8. The van der Waals surface area contributed by atoms with Crippen LogP contribution in [-0.2, 0) is 0 Å². The van der Waals surface area contributed by atoms with Crippen LogP contribution in [0.1, 0.15) is 6.92 Å². The van der Waals surface area contributed by atoms with Crippen LogP contribution in [0.4, 0.5) is 26.3 Å². The minimum absolute atomic E-state index is 0.657. The highest BCUT2D eigenvalue weighted by Crippen LogP contribution is 2.40. The molecule has 0 saturated heterocycles. The van der Waals surface area contributed by atoms with Crippen molar-refractivity contribution < 1.29 is 31.4 Å². The van der Waals surface area contributed by atoms with Gasteiger partial charge in [0.2, 0.25) is 0 Å². The Morgan fingerprint density at radius 2 is 1.31 bits per heavy atom. The first-order valence-corrected chi connectivity index (χ1v) is 3.17. The summed E-state index contributed by atoms with van der Waals surface area (Å²) in [6.07, 6.45) is -11.6. The van der Waals surface area contributed by atoms with Crippen LogP contribution >= 0.6 is 0 Å². The maximum Gasteiger partial charge on any atom is 0.440 e. The highest BCUT2D eigenvalue weighted by Gasteiger charge is 2.70. The summed E-state index contributed by atoms with van der Waals surface area (Å²) in [6, 6.07) is 0. The van der Waals surface area contributed by atoms with Gasteiger partial charge in [-0.1, -0.05) is 6.92 Å². The highest BCUT2D eigenvalue weighted by molar-refractivity contribution is 4.90. The monoisotopic (exact) mass is 211 g/mol. The molecule has 2 N–H and O–H groups in total. The lowest BCUT2D eigenvalue weighted by atomic mass is 10.2. The van der Waals surface area contributed by atoms with Crippen molar-refractivity contribution in [3.63, 3.8) is 0 Å². The molecule has 0 spiro atoms. The molecule has 0 aromatic carbocycles. The molecule has 0 aliphatic carbocycles. The zero-order valence-electron chi connectivity index (χ0n) is 6.42. The Bertz CT molecular complexity index is 159. The Morgan fingerprint density at radius 1 is 1.00 bits per heavy atom. The van der Waals surface area contributed by atoms with Crippen molar-refractivity contribution in [2.45, 2.75) is 25.0 Å². The fourth-order valence-corrected chi connectivity index (χ4v) is 0.617. The zero-order chi connectivity index (χ0) is 10.9. The Kier molecular flexibility index (Phi) is 3.21. The van der Waals surface area contributed by atoms with E-state index in [2.05, 4.69) is 0 Å². The van der Waals surface area contributed by atoms with E-state index in [4.69, 9.17) is 5.11 Å². The van der Waals surface area contributed by atoms with E-state index >= 15 is 0 Å². The van der Waals surface area contributed by atoms with Crippen LogP contribution in [0.25, 0.3) is 0 Å². The Hall–Kier alpha value is -0.500. The second kappa shape index (κ2) is 3.33. The molecule has 0 aliphatic heterocycles. The van der Waals surface area contributed by atoms with E-state index in [0.717, 1.165) is 12.2 Å². The lowest BCUT2D eigenvalue weighted by molar-refractivity contribution is -0.379. The molecule has 0 aromatic heterocycles. The van der Waals surface area contributed by atoms with E-state index in [9.17, 15) is 26.3 Å². The van der Waals surface area contributed by atoms with Gasteiger partial charge in [0.1, 0.15) is 0 Å². The van der Waals surface area contributed by atoms with Crippen molar-refractivity contribution in [2.24, 2.45) is 0 Å². The SMILES string of the molecule is CCNC(O)(C(F)(F)F)C(F)(F)F. The Balaban J connectivity index is 4.96. The van der Waals surface area contributed by atoms with Crippen LogP contribution in [-0.4, -0.2) is 29.7 Å². The molecule has 0 aromatic rings. The topological polar surface area (TPSA) is 32.3 Å². The first-order chi connectivity index (χ1) is 5.56. The summed E-state index contributed by atoms with van der Waals surface area (Å²) >= 11 is 0. The number of alkyl halides is 6. The van der Waals surface area contributed by atoms with Gasteiger partial charge in [-0.15, -0.1) is 0 Å². The van der Waals surface area contributed by atoms with Gasteiger partial charge in [-0.25, -0.2) is 0 Å². The molecule has 0 saturated carbocycles. The molecular formula is C5H7F6NO. The van der Waals surface area contributed by atoms with Gasteiger partial charge in [0, 0.05) is 0 Å². The fourth-order valence-electron chi connectivity index (χ4n) is 0.617. The Morgan fingerprint density at radius 3 is 1.38 bits per heavy atom. The molecule has 13 heavy (non-hydrogen) atoms. The Labute approximate surface area is 69.5 Å². The molecule has 0 rings (SSSR count). The van der Waals surface area contributed by atoms with Crippen LogP contribution in [0.15, 0.2) is 0 Å². The molecule has 0 radical (unpaired) electrons. The summed E-state index contributed by atoms with van der Waals surface area (Å²) in [7, 11) is 0.